The van der Waals surface area contributed by atoms with Crippen LogP contribution in [0.4, 0.5) is 0 Å². The molecule has 0 saturated heterocycles. The Morgan fingerprint density at radius 3 is 0.742 bits per heavy atom. The van der Waals surface area contributed by atoms with E-state index in [9.17, 15) is 0 Å². The van der Waals surface area contributed by atoms with Gasteiger partial charge in [-0.3, -0.25) is 0 Å². The Hall–Kier alpha value is -7.02. The van der Waals surface area contributed by atoms with Crippen LogP contribution < -0.4 is 0 Å². The van der Waals surface area contributed by atoms with E-state index in [0.29, 0.717) is 0 Å². The van der Waals surface area contributed by atoms with Crippen LogP contribution in [0.25, 0.3) is 44.5 Å². The maximum absolute atomic E-state index is 2.56. The summed E-state index contributed by atoms with van der Waals surface area (Å²) in [5.41, 5.74) is 35.8. The second-order valence-electron chi connectivity index (χ2n) is 19.4. The fourth-order valence-electron chi connectivity index (χ4n) is 12.8. The highest BCUT2D eigenvalue weighted by atomic mass is 14.3. The summed E-state index contributed by atoms with van der Waals surface area (Å²) in [5.74, 6) is 0. The standard InChI is InChI=1S/C66H54/c1-5-21-53-49(13-1)39-63-43(17-9-25-59(53)63)29-31-47-33-34-48(32-30-44-18-10-26-60-54-22-6-2-14-50(54)40-64(44)60)58(38-36-46-20-12-28-62-56-24-8-4-16-52(56)42-66(46)62)57(47)37-35-45-19-11-27-61-55-23-7-3-15-51(55)41-65(45)61/h1-28,33-34H,29-32,35-42H2. The predicted molar refractivity (Wildman–Crippen MR) is 275 cm³/mol. The van der Waals surface area contributed by atoms with Crippen LogP contribution in [-0.4, -0.2) is 0 Å². The molecule has 13 rings (SSSR count). The number of benzene rings is 9. The van der Waals surface area contributed by atoms with Crippen molar-refractivity contribution in [2.24, 2.45) is 0 Å². The zero-order valence-electron chi connectivity index (χ0n) is 37.8. The normalized spacial score (nSPS) is 13.1. The fourth-order valence-corrected chi connectivity index (χ4v) is 12.8. The highest BCUT2D eigenvalue weighted by molar-refractivity contribution is 5.81. The summed E-state index contributed by atoms with van der Waals surface area (Å²) in [6, 6.07) is 69.6. The first-order chi connectivity index (χ1) is 32.7. The highest BCUT2D eigenvalue weighted by Crippen LogP contribution is 2.43. The quantitative estimate of drug-likeness (QED) is 0.115. The molecule has 0 spiro atoms. The van der Waals surface area contributed by atoms with Gasteiger partial charge < -0.3 is 0 Å². The summed E-state index contributed by atoms with van der Waals surface area (Å²) in [6.45, 7) is 0. The zero-order chi connectivity index (χ0) is 43.6. The molecule has 0 heterocycles. The van der Waals surface area contributed by atoms with Crippen molar-refractivity contribution in [2.75, 3.05) is 0 Å². The molecule has 0 fully saturated rings. The van der Waals surface area contributed by atoms with Gasteiger partial charge in [0.25, 0.3) is 0 Å². The van der Waals surface area contributed by atoms with E-state index < -0.39 is 0 Å². The largest absolute Gasteiger partial charge is 0.0619 e. The van der Waals surface area contributed by atoms with Gasteiger partial charge in [-0.25, -0.2) is 0 Å². The van der Waals surface area contributed by atoms with Gasteiger partial charge in [-0.1, -0.05) is 182 Å². The molecule has 0 heteroatoms. The van der Waals surface area contributed by atoms with Crippen LogP contribution in [0.1, 0.15) is 89.0 Å². The molecular weight excluding hydrogens is 793 g/mol. The summed E-state index contributed by atoms with van der Waals surface area (Å²) < 4.78 is 0. The van der Waals surface area contributed by atoms with Crippen LogP contribution in [0.15, 0.2) is 182 Å². The molecule has 318 valence electrons. The van der Waals surface area contributed by atoms with Crippen LogP contribution in [-0.2, 0) is 77.0 Å². The first kappa shape index (κ1) is 39.4. The zero-order valence-corrected chi connectivity index (χ0v) is 37.8. The molecule has 0 atom stereocenters. The van der Waals surface area contributed by atoms with Crippen molar-refractivity contribution in [2.45, 2.75) is 77.0 Å². The van der Waals surface area contributed by atoms with Crippen molar-refractivity contribution in [3.05, 3.63) is 271 Å². The molecule has 0 bridgehead atoms. The maximum atomic E-state index is 2.56. The average molecular weight is 847 g/mol. The third-order valence-corrected chi connectivity index (χ3v) is 16.0. The molecule has 0 nitrogen and oxygen atoms in total. The Bertz CT molecular complexity index is 3150. The lowest BCUT2D eigenvalue weighted by molar-refractivity contribution is 0.822. The topological polar surface area (TPSA) is 0 Å². The van der Waals surface area contributed by atoms with Gasteiger partial charge in [0.05, 0.1) is 0 Å². The Morgan fingerprint density at radius 1 is 0.197 bits per heavy atom. The van der Waals surface area contributed by atoms with Gasteiger partial charge in [-0.15, -0.1) is 0 Å². The number of aryl methyl sites for hydroxylation is 6. The van der Waals surface area contributed by atoms with Crippen molar-refractivity contribution < 1.29 is 0 Å². The van der Waals surface area contributed by atoms with E-state index in [1.807, 2.05) is 0 Å². The Morgan fingerprint density at radius 2 is 0.439 bits per heavy atom. The van der Waals surface area contributed by atoms with Crippen LogP contribution in [0.3, 0.4) is 0 Å². The average Bonchev–Trinajstić information content (AvgIpc) is 4.15. The number of hydrogen-bond acceptors (Lipinski definition) is 0. The van der Waals surface area contributed by atoms with Crippen LogP contribution in [0.5, 0.6) is 0 Å². The second-order valence-corrected chi connectivity index (χ2v) is 19.4. The number of rotatable bonds is 12. The molecule has 0 N–H and O–H groups in total. The maximum Gasteiger partial charge on any atom is -0.00107 e. The molecule has 66 heavy (non-hydrogen) atoms. The summed E-state index contributed by atoms with van der Waals surface area (Å²) >= 11 is 0. The van der Waals surface area contributed by atoms with E-state index in [-0.39, 0.29) is 0 Å². The monoisotopic (exact) mass is 846 g/mol. The van der Waals surface area contributed by atoms with Crippen LogP contribution in [0.2, 0.25) is 0 Å². The smallest absolute Gasteiger partial charge is 0.00107 e. The number of hydrogen-bond donors (Lipinski definition) is 0. The second kappa shape index (κ2) is 16.4. The van der Waals surface area contributed by atoms with Crippen molar-refractivity contribution in [3.8, 4) is 44.5 Å². The Labute approximate surface area is 390 Å². The van der Waals surface area contributed by atoms with Gasteiger partial charge in [0.15, 0.2) is 0 Å². The molecule has 0 amide bonds. The fraction of sp³-hybridized carbons (Fsp3) is 0.182. The van der Waals surface area contributed by atoms with E-state index >= 15 is 0 Å². The van der Waals surface area contributed by atoms with E-state index in [0.717, 1.165) is 77.0 Å². The molecule has 0 radical (unpaired) electrons. The van der Waals surface area contributed by atoms with Crippen LogP contribution >= 0.6 is 0 Å². The summed E-state index contributed by atoms with van der Waals surface area (Å²) in [7, 11) is 0. The summed E-state index contributed by atoms with van der Waals surface area (Å²) in [6.07, 6.45) is 12.6. The third kappa shape index (κ3) is 6.81. The minimum atomic E-state index is 1.04. The summed E-state index contributed by atoms with van der Waals surface area (Å²) in [5, 5.41) is 0. The van der Waals surface area contributed by atoms with E-state index in [1.54, 1.807) is 22.3 Å². The third-order valence-electron chi connectivity index (χ3n) is 16.0. The molecule has 4 aliphatic rings. The lowest BCUT2D eigenvalue weighted by Gasteiger charge is -2.22. The lowest BCUT2D eigenvalue weighted by Crippen LogP contribution is -2.11. The Balaban J connectivity index is 0.889. The molecule has 9 aromatic rings. The molecule has 0 aromatic heterocycles. The van der Waals surface area contributed by atoms with Gasteiger partial charge in [0, 0.05) is 0 Å². The molecule has 4 aliphatic carbocycles. The highest BCUT2D eigenvalue weighted by Gasteiger charge is 2.26. The van der Waals surface area contributed by atoms with E-state index in [2.05, 4.69) is 182 Å². The van der Waals surface area contributed by atoms with Crippen molar-refractivity contribution in [1.82, 2.24) is 0 Å². The lowest BCUT2D eigenvalue weighted by atomic mass is 9.83. The van der Waals surface area contributed by atoms with Crippen LogP contribution in [0, 0.1) is 0 Å². The van der Waals surface area contributed by atoms with Gasteiger partial charge in [0.1, 0.15) is 0 Å². The van der Waals surface area contributed by atoms with Gasteiger partial charge >= 0.3 is 0 Å². The molecule has 0 saturated carbocycles. The van der Waals surface area contributed by atoms with Gasteiger partial charge in [-0.2, -0.15) is 0 Å². The van der Waals surface area contributed by atoms with Crippen molar-refractivity contribution in [1.29, 1.82) is 0 Å². The van der Waals surface area contributed by atoms with Crippen molar-refractivity contribution >= 4 is 0 Å². The minimum absolute atomic E-state index is 1.04. The van der Waals surface area contributed by atoms with Gasteiger partial charge in [-0.05, 0) is 211 Å². The molecule has 0 unspecified atom stereocenters. The SMILES string of the molecule is c1ccc2c(c1)Cc1c(CCc3ccc(CCc4cccc5c4Cc4ccccc4-5)c(CCc4cccc5c4Cc4ccccc4-5)c3CCc3cccc4c3Cc3ccccc3-4)cccc1-2. The van der Waals surface area contributed by atoms with Crippen molar-refractivity contribution in [3.63, 3.8) is 0 Å². The van der Waals surface area contributed by atoms with Gasteiger partial charge in [0.2, 0.25) is 0 Å². The number of fused-ring (bicyclic) bond motifs is 12. The minimum Gasteiger partial charge on any atom is -0.0619 e. The first-order valence-corrected chi connectivity index (χ1v) is 24.6. The molecular formula is C66H54. The predicted octanol–water partition coefficient (Wildman–Crippen LogP) is 15.1. The Kier molecular flexibility index (Phi) is 9.81. The molecule has 9 aromatic carbocycles. The van der Waals surface area contributed by atoms with E-state index in [1.165, 1.54) is 111 Å². The first-order valence-electron chi connectivity index (χ1n) is 24.6. The summed E-state index contributed by atoms with van der Waals surface area (Å²) in [4.78, 5) is 0. The molecule has 0 aliphatic heterocycles. The van der Waals surface area contributed by atoms with E-state index in [4.69, 9.17) is 0 Å².